The van der Waals surface area contributed by atoms with Gasteiger partial charge in [-0.1, -0.05) is 26.8 Å². The molecule has 18 heavy (non-hydrogen) atoms. The fraction of sp³-hybridized carbons (Fsp3) is 0.600. The van der Waals surface area contributed by atoms with Crippen LogP contribution in [-0.2, 0) is 17.9 Å². The molecule has 0 fully saturated rings. The maximum Gasteiger partial charge on any atom is 0.128 e. The first-order valence-electron chi connectivity index (χ1n) is 6.69. The predicted octanol–water partition coefficient (Wildman–Crippen LogP) is 3.50. The molecule has 0 saturated carbocycles. The Labute approximate surface area is 110 Å². The normalized spacial score (nSPS) is 11.2. The van der Waals surface area contributed by atoms with Crippen molar-refractivity contribution in [2.24, 2.45) is 5.92 Å². The van der Waals surface area contributed by atoms with Gasteiger partial charge in [-0.3, -0.25) is 0 Å². The van der Waals surface area contributed by atoms with E-state index in [4.69, 9.17) is 4.74 Å². The minimum absolute atomic E-state index is 0.182. The lowest BCUT2D eigenvalue weighted by molar-refractivity contribution is 0.0950. The smallest absolute Gasteiger partial charge is 0.128 e. The quantitative estimate of drug-likeness (QED) is 0.716. The van der Waals surface area contributed by atoms with E-state index < -0.39 is 0 Å². The van der Waals surface area contributed by atoms with E-state index in [1.165, 1.54) is 6.07 Å². The zero-order valence-electron chi connectivity index (χ0n) is 11.6. The molecular formula is C15H24FNO. The standard InChI is InChI=1S/C15H24FNO/c1-4-7-17-9-13-5-6-15(16)14(8-13)11-18-10-12(2)3/h5-6,8,12,17H,4,7,9-11H2,1-3H3. The Kier molecular flexibility index (Phi) is 6.91. The van der Waals surface area contributed by atoms with E-state index in [9.17, 15) is 4.39 Å². The lowest BCUT2D eigenvalue weighted by Crippen LogP contribution is -2.14. The number of halogens is 1. The first kappa shape index (κ1) is 15.1. The zero-order valence-corrected chi connectivity index (χ0v) is 11.6. The summed E-state index contributed by atoms with van der Waals surface area (Å²) in [6.45, 7) is 9.08. The fourth-order valence-corrected chi connectivity index (χ4v) is 1.66. The van der Waals surface area contributed by atoms with Gasteiger partial charge in [0.2, 0.25) is 0 Å². The van der Waals surface area contributed by atoms with Gasteiger partial charge in [-0.05, 0) is 36.6 Å². The van der Waals surface area contributed by atoms with Crippen LogP contribution in [0.2, 0.25) is 0 Å². The lowest BCUT2D eigenvalue weighted by atomic mass is 10.1. The summed E-state index contributed by atoms with van der Waals surface area (Å²) >= 11 is 0. The minimum atomic E-state index is -0.182. The maximum atomic E-state index is 13.6. The Balaban J connectivity index is 2.52. The topological polar surface area (TPSA) is 21.3 Å². The number of hydrogen-bond donors (Lipinski definition) is 1. The molecule has 0 atom stereocenters. The van der Waals surface area contributed by atoms with E-state index in [2.05, 4.69) is 26.1 Å². The molecule has 0 aliphatic carbocycles. The third kappa shape index (κ3) is 5.61. The van der Waals surface area contributed by atoms with Gasteiger partial charge in [0.25, 0.3) is 0 Å². The Hall–Kier alpha value is -0.930. The molecule has 0 amide bonds. The van der Waals surface area contributed by atoms with Gasteiger partial charge >= 0.3 is 0 Å². The fourth-order valence-electron chi connectivity index (χ4n) is 1.66. The molecule has 2 nitrogen and oxygen atoms in total. The van der Waals surface area contributed by atoms with Crippen molar-refractivity contribution in [2.45, 2.75) is 40.3 Å². The highest BCUT2D eigenvalue weighted by Gasteiger charge is 2.04. The summed E-state index contributed by atoms with van der Waals surface area (Å²) in [5, 5.41) is 3.31. The van der Waals surface area contributed by atoms with E-state index in [0.29, 0.717) is 24.7 Å². The molecule has 1 N–H and O–H groups in total. The average molecular weight is 253 g/mol. The van der Waals surface area contributed by atoms with Crippen molar-refractivity contribution in [2.75, 3.05) is 13.2 Å². The summed E-state index contributed by atoms with van der Waals surface area (Å²) in [5.74, 6) is 0.292. The van der Waals surface area contributed by atoms with E-state index in [1.54, 1.807) is 0 Å². The average Bonchev–Trinajstić information content (AvgIpc) is 2.33. The Morgan fingerprint density at radius 1 is 1.33 bits per heavy atom. The first-order valence-corrected chi connectivity index (χ1v) is 6.69. The van der Waals surface area contributed by atoms with E-state index >= 15 is 0 Å². The predicted molar refractivity (Wildman–Crippen MR) is 72.9 cm³/mol. The van der Waals surface area contributed by atoms with Crippen molar-refractivity contribution in [1.29, 1.82) is 0 Å². The molecule has 0 bridgehead atoms. The summed E-state index contributed by atoms with van der Waals surface area (Å²) in [4.78, 5) is 0. The van der Waals surface area contributed by atoms with Crippen LogP contribution in [0.15, 0.2) is 18.2 Å². The Bertz CT molecular complexity index is 352. The molecule has 0 spiro atoms. The van der Waals surface area contributed by atoms with Gasteiger partial charge in [0.1, 0.15) is 5.82 Å². The van der Waals surface area contributed by atoms with Crippen LogP contribution >= 0.6 is 0 Å². The van der Waals surface area contributed by atoms with Gasteiger partial charge in [-0.25, -0.2) is 4.39 Å². The van der Waals surface area contributed by atoms with Crippen LogP contribution in [0.25, 0.3) is 0 Å². The van der Waals surface area contributed by atoms with Gasteiger partial charge in [-0.2, -0.15) is 0 Å². The summed E-state index contributed by atoms with van der Waals surface area (Å²) in [6.07, 6.45) is 1.10. The molecule has 0 heterocycles. The minimum Gasteiger partial charge on any atom is -0.376 e. The second kappa shape index (κ2) is 8.22. The van der Waals surface area contributed by atoms with Gasteiger partial charge in [0, 0.05) is 18.7 Å². The van der Waals surface area contributed by atoms with Crippen molar-refractivity contribution in [3.05, 3.63) is 35.1 Å². The molecule has 0 saturated heterocycles. The number of ether oxygens (including phenoxy) is 1. The van der Waals surface area contributed by atoms with Crippen LogP contribution in [0, 0.1) is 11.7 Å². The molecule has 0 radical (unpaired) electrons. The molecule has 1 aromatic carbocycles. The molecule has 102 valence electrons. The molecule has 1 rings (SSSR count). The second-order valence-electron chi connectivity index (χ2n) is 5.01. The SMILES string of the molecule is CCCNCc1ccc(F)c(COCC(C)C)c1. The second-order valence-corrected chi connectivity index (χ2v) is 5.01. The van der Waals surface area contributed by atoms with Crippen molar-refractivity contribution in [3.63, 3.8) is 0 Å². The molecule has 0 aliphatic heterocycles. The number of rotatable bonds is 8. The third-order valence-corrected chi connectivity index (χ3v) is 2.57. The van der Waals surface area contributed by atoms with Crippen LogP contribution in [0.5, 0.6) is 0 Å². The number of hydrogen-bond acceptors (Lipinski definition) is 2. The molecule has 0 aliphatic rings. The van der Waals surface area contributed by atoms with Crippen molar-refractivity contribution in [3.8, 4) is 0 Å². The molecule has 0 aromatic heterocycles. The van der Waals surface area contributed by atoms with Crippen LogP contribution in [0.3, 0.4) is 0 Å². The van der Waals surface area contributed by atoms with Crippen LogP contribution in [-0.4, -0.2) is 13.2 Å². The molecule has 0 unspecified atom stereocenters. The molecular weight excluding hydrogens is 229 g/mol. The summed E-state index contributed by atoms with van der Waals surface area (Å²) < 4.78 is 19.1. The summed E-state index contributed by atoms with van der Waals surface area (Å²) in [7, 11) is 0. The number of nitrogens with one attached hydrogen (secondary N) is 1. The Morgan fingerprint density at radius 2 is 2.11 bits per heavy atom. The Morgan fingerprint density at radius 3 is 2.78 bits per heavy atom. The molecule has 1 aromatic rings. The number of benzene rings is 1. The highest BCUT2D eigenvalue weighted by molar-refractivity contribution is 5.24. The van der Waals surface area contributed by atoms with E-state index in [1.807, 2.05) is 12.1 Å². The van der Waals surface area contributed by atoms with Crippen molar-refractivity contribution in [1.82, 2.24) is 5.32 Å². The largest absolute Gasteiger partial charge is 0.376 e. The highest BCUT2D eigenvalue weighted by atomic mass is 19.1. The van der Waals surface area contributed by atoms with Gasteiger partial charge in [-0.15, -0.1) is 0 Å². The van der Waals surface area contributed by atoms with Crippen molar-refractivity contribution >= 4 is 0 Å². The van der Waals surface area contributed by atoms with Gasteiger partial charge < -0.3 is 10.1 Å². The van der Waals surface area contributed by atoms with Crippen LogP contribution in [0.1, 0.15) is 38.3 Å². The first-order chi connectivity index (χ1) is 8.63. The van der Waals surface area contributed by atoms with Crippen molar-refractivity contribution < 1.29 is 9.13 Å². The van der Waals surface area contributed by atoms with Gasteiger partial charge in [0.15, 0.2) is 0 Å². The summed E-state index contributed by atoms with van der Waals surface area (Å²) in [6, 6.07) is 5.24. The maximum absolute atomic E-state index is 13.6. The van der Waals surface area contributed by atoms with E-state index in [-0.39, 0.29) is 5.82 Å². The molecule has 3 heteroatoms. The van der Waals surface area contributed by atoms with Gasteiger partial charge in [0.05, 0.1) is 6.61 Å². The third-order valence-electron chi connectivity index (χ3n) is 2.57. The highest BCUT2D eigenvalue weighted by Crippen LogP contribution is 2.12. The zero-order chi connectivity index (χ0) is 13.4. The van der Waals surface area contributed by atoms with Crippen LogP contribution in [0.4, 0.5) is 4.39 Å². The lowest BCUT2D eigenvalue weighted by Gasteiger charge is -2.10. The summed E-state index contributed by atoms with van der Waals surface area (Å²) in [5.41, 5.74) is 1.75. The van der Waals surface area contributed by atoms with E-state index in [0.717, 1.165) is 25.1 Å². The monoisotopic (exact) mass is 253 g/mol. The van der Waals surface area contributed by atoms with Crippen LogP contribution < -0.4 is 5.32 Å².